The summed E-state index contributed by atoms with van der Waals surface area (Å²) in [6.07, 6.45) is 1.42. The van der Waals surface area contributed by atoms with Crippen molar-refractivity contribution in [3.63, 3.8) is 0 Å². The third kappa shape index (κ3) is 3.95. The van der Waals surface area contributed by atoms with Gasteiger partial charge in [-0.25, -0.2) is 4.79 Å². The molecule has 2 rings (SSSR count). The van der Waals surface area contributed by atoms with Crippen LogP contribution in [0.3, 0.4) is 0 Å². The van der Waals surface area contributed by atoms with Gasteiger partial charge in [0.1, 0.15) is 5.56 Å². The number of benzene rings is 1. The van der Waals surface area contributed by atoms with Gasteiger partial charge < -0.3 is 9.72 Å². The zero-order valence-corrected chi connectivity index (χ0v) is 12.4. The minimum absolute atomic E-state index is 0.125. The Labute approximate surface area is 127 Å². The number of rotatable bonds is 5. The van der Waals surface area contributed by atoms with Crippen molar-refractivity contribution >= 4 is 17.6 Å². The van der Waals surface area contributed by atoms with Gasteiger partial charge in [0.15, 0.2) is 0 Å². The van der Waals surface area contributed by atoms with Crippen LogP contribution >= 0.6 is 11.6 Å². The molecule has 0 spiro atoms. The Morgan fingerprint density at radius 3 is 2.57 bits per heavy atom. The summed E-state index contributed by atoms with van der Waals surface area (Å²) in [6, 6.07) is 11.5. The first-order valence-electron chi connectivity index (χ1n) is 6.74. The number of carbonyl (C=O) groups excluding carboxylic acids is 1. The summed E-state index contributed by atoms with van der Waals surface area (Å²) in [5.41, 5.74) is 1.22. The number of ether oxygens (including phenoxy) is 1. The van der Waals surface area contributed by atoms with E-state index in [1.54, 1.807) is 13.0 Å². The molecule has 0 aliphatic carbocycles. The van der Waals surface area contributed by atoms with Crippen LogP contribution in [-0.4, -0.2) is 17.6 Å². The molecule has 0 saturated carbocycles. The highest BCUT2D eigenvalue weighted by atomic mass is 35.5. The number of aromatic amines is 1. The summed E-state index contributed by atoms with van der Waals surface area (Å²) < 4.78 is 4.82. The van der Waals surface area contributed by atoms with Gasteiger partial charge in [0.05, 0.1) is 11.6 Å². The van der Waals surface area contributed by atoms with Gasteiger partial charge in [-0.05, 0) is 31.4 Å². The maximum Gasteiger partial charge on any atom is 0.345 e. The number of hydrogen-bond donors (Lipinski definition) is 1. The van der Waals surface area contributed by atoms with Gasteiger partial charge in [-0.2, -0.15) is 0 Å². The number of aryl methyl sites for hydroxylation is 2. The van der Waals surface area contributed by atoms with Crippen LogP contribution in [0.15, 0.2) is 41.2 Å². The molecule has 2 aromatic rings. The molecule has 4 nitrogen and oxygen atoms in total. The lowest BCUT2D eigenvalue weighted by molar-refractivity contribution is 0.0524. The SMILES string of the molecule is CCOC(=O)c1c(Cl)cc(CCc2ccccc2)[nH]c1=O. The summed E-state index contributed by atoms with van der Waals surface area (Å²) in [5.74, 6) is -0.696. The van der Waals surface area contributed by atoms with E-state index in [2.05, 4.69) is 4.98 Å². The lowest BCUT2D eigenvalue weighted by Gasteiger charge is -2.06. The molecule has 0 bridgehead atoms. The van der Waals surface area contributed by atoms with Crippen LogP contribution in [0.4, 0.5) is 0 Å². The lowest BCUT2D eigenvalue weighted by Crippen LogP contribution is -2.21. The van der Waals surface area contributed by atoms with Crippen LogP contribution in [0.1, 0.15) is 28.5 Å². The van der Waals surface area contributed by atoms with E-state index in [1.807, 2.05) is 30.3 Å². The summed E-state index contributed by atoms with van der Waals surface area (Å²) in [7, 11) is 0. The first kappa shape index (κ1) is 15.3. The van der Waals surface area contributed by atoms with E-state index in [-0.39, 0.29) is 17.2 Å². The Morgan fingerprint density at radius 1 is 1.24 bits per heavy atom. The second kappa shape index (κ2) is 7.09. The first-order valence-corrected chi connectivity index (χ1v) is 7.12. The zero-order chi connectivity index (χ0) is 15.2. The van der Waals surface area contributed by atoms with Crippen LogP contribution in [-0.2, 0) is 17.6 Å². The smallest absolute Gasteiger partial charge is 0.345 e. The van der Waals surface area contributed by atoms with Gasteiger partial charge in [-0.15, -0.1) is 0 Å². The van der Waals surface area contributed by atoms with E-state index in [0.717, 1.165) is 6.42 Å². The highest BCUT2D eigenvalue weighted by molar-refractivity contribution is 6.33. The number of esters is 1. The molecular weight excluding hydrogens is 290 g/mol. The molecule has 0 fully saturated rings. The molecule has 0 radical (unpaired) electrons. The molecule has 21 heavy (non-hydrogen) atoms. The molecule has 1 heterocycles. The maximum atomic E-state index is 11.9. The first-order chi connectivity index (χ1) is 10.1. The van der Waals surface area contributed by atoms with E-state index >= 15 is 0 Å². The number of aromatic nitrogens is 1. The second-order valence-electron chi connectivity index (χ2n) is 4.55. The molecule has 0 saturated heterocycles. The fraction of sp³-hybridized carbons (Fsp3) is 0.250. The van der Waals surface area contributed by atoms with Crippen molar-refractivity contribution in [2.24, 2.45) is 0 Å². The van der Waals surface area contributed by atoms with Crippen LogP contribution in [0, 0.1) is 0 Å². The third-order valence-corrected chi connectivity index (χ3v) is 3.34. The summed E-state index contributed by atoms with van der Waals surface area (Å²) in [6.45, 7) is 1.87. The largest absolute Gasteiger partial charge is 0.462 e. The molecule has 0 aliphatic heterocycles. The average Bonchev–Trinajstić information content (AvgIpc) is 2.46. The number of H-pyrrole nitrogens is 1. The van der Waals surface area contributed by atoms with Crippen LogP contribution in [0.5, 0.6) is 0 Å². The van der Waals surface area contributed by atoms with Crippen LogP contribution in [0.25, 0.3) is 0 Å². The van der Waals surface area contributed by atoms with E-state index in [4.69, 9.17) is 16.3 Å². The minimum atomic E-state index is -0.696. The van der Waals surface area contributed by atoms with E-state index in [9.17, 15) is 9.59 Å². The third-order valence-electron chi connectivity index (χ3n) is 3.05. The number of halogens is 1. The molecule has 5 heteroatoms. The van der Waals surface area contributed by atoms with E-state index in [1.165, 1.54) is 5.56 Å². The van der Waals surface area contributed by atoms with Crippen molar-refractivity contribution in [3.05, 3.63) is 68.6 Å². The fourth-order valence-electron chi connectivity index (χ4n) is 2.03. The van der Waals surface area contributed by atoms with Gasteiger partial charge in [0.2, 0.25) is 0 Å². The Kier molecular flexibility index (Phi) is 5.17. The topological polar surface area (TPSA) is 59.2 Å². The average molecular weight is 306 g/mol. The molecule has 1 aromatic carbocycles. The quantitative estimate of drug-likeness (QED) is 0.864. The predicted octanol–water partition coefficient (Wildman–Crippen LogP) is 2.99. The van der Waals surface area contributed by atoms with Crippen molar-refractivity contribution in [1.82, 2.24) is 4.98 Å². The Balaban J connectivity index is 2.16. The van der Waals surface area contributed by atoms with Crippen molar-refractivity contribution < 1.29 is 9.53 Å². The van der Waals surface area contributed by atoms with Gasteiger partial charge in [0, 0.05) is 5.69 Å². The minimum Gasteiger partial charge on any atom is -0.462 e. The van der Waals surface area contributed by atoms with Crippen molar-refractivity contribution in [3.8, 4) is 0 Å². The van der Waals surface area contributed by atoms with E-state index < -0.39 is 11.5 Å². The standard InChI is InChI=1S/C16H16ClNO3/c1-2-21-16(20)14-13(17)10-12(18-15(14)19)9-8-11-6-4-3-5-7-11/h3-7,10H,2,8-9H2,1H3,(H,18,19). The van der Waals surface area contributed by atoms with Crippen molar-refractivity contribution in [2.75, 3.05) is 6.61 Å². The summed E-state index contributed by atoms with van der Waals surface area (Å²) >= 11 is 6.03. The monoisotopic (exact) mass is 305 g/mol. The number of carbonyl (C=O) groups is 1. The number of pyridine rings is 1. The predicted molar refractivity (Wildman–Crippen MR) is 81.9 cm³/mol. The highest BCUT2D eigenvalue weighted by Crippen LogP contribution is 2.15. The fourth-order valence-corrected chi connectivity index (χ4v) is 2.32. The molecule has 0 atom stereocenters. The Morgan fingerprint density at radius 2 is 1.95 bits per heavy atom. The van der Waals surface area contributed by atoms with E-state index in [0.29, 0.717) is 12.1 Å². The normalized spacial score (nSPS) is 10.4. The molecule has 1 aromatic heterocycles. The molecule has 1 N–H and O–H groups in total. The number of hydrogen-bond acceptors (Lipinski definition) is 3. The Hall–Kier alpha value is -2.07. The van der Waals surface area contributed by atoms with Crippen LogP contribution < -0.4 is 5.56 Å². The molecule has 110 valence electrons. The van der Waals surface area contributed by atoms with Gasteiger partial charge in [-0.1, -0.05) is 41.9 Å². The van der Waals surface area contributed by atoms with Gasteiger partial charge in [0.25, 0.3) is 5.56 Å². The molecule has 0 unspecified atom stereocenters. The maximum absolute atomic E-state index is 11.9. The van der Waals surface area contributed by atoms with Gasteiger partial charge >= 0.3 is 5.97 Å². The summed E-state index contributed by atoms with van der Waals surface area (Å²) in [5, 5.41) is 0.125. The van der Waals surface area contributed by atoms with Crippen LogP contribution in [0.2, 0.25) is 5.02 Å². The Bertz CT molecular complexity index is 680. The lowest BCUT2D eigenvalue weighted by atomic mass is 10.1. The summed E-state index contributed by atoms with van der Waals surface area (Å²) in [4.78, 5) is 26.3. The zero-order valence-electron chi connectivity index (χ0n) is 11.7. The highest BCUT2D eigenvalue weighted by Gasteiger charge is 2.17. The van der Waals surface area contributed by atoms with Crippen molar-refractivity contribution in [2.45, 2.75) is 19.8 Å². The number of nitrogens with one attached hydrogen (secondary N) is 1. The second-order valence-corrected chi connectivity index (χ2v) is 4.96. The van der Waals surface area contributed by atoms with Gasteiger partial charge in [-0.3, -0.25) is 4.79 Å². The molecule has 0 amide bonds. The molecular formula is C16H16ClNO3. The van der Waals surface area contributed by atoms with Crippen molar-refractivity contribution in [1.29, 1.82) is 0 Å². The molecule has 0 aliphatic rings.